The zero-order valence-electron chi connectivity index (χ0n) is 19.7. The lowest BCUT2D eigenvalue weighted by Gasteiger charge is -2.30. The van der Waals surface area contributed by atoms with Crippen molar-refractivity contribution in [3.05, 3.63) is 78.0 Å². The molecule has 2 aliphatic rings. The molecule has 0 saturated carbocycles. The fourth-order valence-corrected chi connectivity index (χ4v) is 6.08. The van der Waals surface area contributed by atoms with Crippen molar-refractivity contribution in [1.29, 1.82) is 0 Å². The SMILES string of the molecule is O=C(c1ccccc1)N1CCNc2ncc(-c3ccc(CS(=O)(=O)CCN4CCCC4)cc3)cc21. The lowest BCUT2D eigenvalue weighted by atomic mass is 10.0. The number of hydrogen-bond donors (Lipinski definition) is 1. The predicted octanol–water partition coefficient (Wildman–Crippen LogP) is 3.83. The number of aromatic nitrogens is 1. The number of likely N-dealkylation sites (tertiary alicyclic amines) is 1. The standard InChI is InChI=1S/C27H30N4O3S/c32-27(23-6-2-1-3-7-23)31-15-12-28-26-25(31)18-24(19-29-26)22-10-8-21(9-11-22)20-35(33,34)17-16-30-13-4-5-14-30/h1-3,6-11,18-19H,4-5,12-17,20H2,(H,28,29). The number of amides is 1. The first-order valence-electron chi connectivity index (χ1n) is 12.1. The molecular weight excluding hydrogens is 460 g/mol. The van der Waals surface area contributed by atoms with Gasteiger partial charge in [-0.1, -0.05) is 42.5 Å². The monoisotopic (exact) mass is 490 g/mol. The smallest absolute Gasteiger partial charge is 0.258 e. The zero-order valence-corrected chi connectivity index (χ0v) is 20.5. The van der Waals surface area contributed by atoms with Crippen LogP contribution in [0.4, 0.5) is 11.5 Å². The molecule has 2 aromatic carbocycles. The van der Waals surface area contributed by atoms with Crippen LogP contribution in [0.2, 0.25) is 0 Å². The van der Waals surface area contributed by atoms with Crippen molar-refractivity contribution >= 4 is 27.2 Å². The highest BCUT2D eigenvalue weighted by atomic mass is 32.2. The van der Waals surface area contributed by atoms with E-state index >= 15 is 0 Å². The van der Waals surface area contributed by atoms with E-state index in [0.717, 1.165) is 48.3 Å². The van der Waals surface area contributed by atoms with Crippen LogP contribution in [-0.4, -0.2) is 62.7 Å². The van der Waals surface area contributed by atoms with Gasteiger partial charge in [-0.15, -0.1) is 0 Å². The number of nitrogens with one attached hydrogen (secondary N) is 1. The molecule has 35 heavy (non-hydrogen) atoms. The maximum absolute atomic E-state index is 13.1. The van der Waals surface area contributed by atoms with Crippen LogP contribution < -0.4 is 10.2 Å². The van der Waals surface area contributed by atoms with Crippen molar-refractivity contribution in [2.24, 2.45) is 0 Å². The van der Waals surface area contributed by atoms with E-state index in [0.29, 0.717) is 31.0 Å². The third kappa shape index (κ3) is 5.55. The molecule has 3 aromatic rings. The first-order valence-corrected chi connectivity index (χ1v) is 13.9. The molecular formula is C27H30N4O3S. The minimum Gasteiger partial charge on any atom is -0.367 e. The Morgan fingerprint density at radius 3 is 2.43 bits per heavy atom. The Labute approximate surface area is 206 Å². The van der Waals surface area contributed by atoms with Crippen LogP contribution in [0.5, 0.6) is 0 Å². The van der Waals surface area contributed by atoms with Crippen LogP contribution in [0.25, 0.3) is 11.1 Å². The molecule has 1 N–H and O–H groups in total. The van der Waals surface area contributed by atoms with E-state index in [1.165, 1.54) is 0 Å². The Balaban J connectivity index is 1.31. The lowest BCUT2D eigenvalue weighted by Crippen LogP contribution is -2.39. The number of rotatable bonds is 7. The summed E-state index contributed by atoms with van der Waals surface area (Å²) in [4.78, 5) is 21.7. The first-order chi connectivity index (χ1) is 17.0. The van der Waals surface area contributed by atoms with Crippen LogP contribution in [0.1, 0.15) is 28.8 Å². The fourth-order valence-electron chi connectivity index (χ4n) is 4.70. The maximum atomic E-state index is 13.1. The van der Waals surface area contributed by atoms with Gasteiger partial charge in [-0.25, -0.2) is 13.4 Å². The number of benzene rings is 2. The van der Waals surface area contributed by atoms with E-state index in [1.807, 2.05) is 60.7 Å². The molecule has 7 nitrogen and oxygen atoms in total. The van der Waals surface area contributed by atoms with Crippen molar-refractivity contribution in [2.75, 3.05) is 48.7 Å². The van der Waals surface area contributed by atoms with Crippen molar-refractivity contribution < 1.29 is 13.2 Å². The highest BCUT2D eigenvalue weighted by Crippen LogP contribution is 2.33. The highest BCUT2D eigenvalue weighted by molar-refractivity contribution is 7.90. The van der Waals surface area contributed by atoms with Crippen molar-refractivity contribution in [3.63, 3.8) is 0 Å². The van der Waals surface area contributed by atoms with Crippen molar-refractivity contribution in [3.8, 4) is 11.1 Å². The Hall–Kier alpha value is -3.23. The molecule has 2 aliphatic heterocycles. The van der Waals surface area contributed by atoms with Gasteiger partial charge in [-0.3, -0.25) is 4.79 Å². The van der Waals surface area contributed by atoms with Crippen LogP contribution in [0.3, 0.4) is 0 Å². The number of pyridine rings is 1. The van der Waals surface area contributed by atoms with Gasteiger partial charge in [0, 0.05) is 37.0 Å². The van der Waals surface area contributed by atoms with E-state index < -0.39 is 9.84 Å². The average molecular weight is 491 g/mol. The molecule has 1 fully saturated rings. The second-order valence-electron chi connectivity index (χ2n) is 9.18. The number of carbonyl (C=O) groups excluding carboxylic acids is 1. The summed E-state index contributed by atoms with van der Waals surface area (Å²) >= 11 is 0. The molecule has 0 aliphatic carbocycles. The molecule has 1 aromatic heterocycles. The third-order valence-corrected chi connectivity index (χ3v) is 8.22. The molecule has 1 amide bonds. The van der Waals surface area contributed by atoms with Gasteiger partial charge in [0.25, 0.3) is 5.91 Å². The molecule has 3 heterocycles. The summed E-state index contributed by atoms with van der Waals surface area (Å²) in [6, 6.07) is 18.8. The molecule has 1 saturated heterocycles. The Bertz CT molecular complexity index is 1290. The number of nitrogens with zero attached hydrogens (tertiary/aromatic N) is 3. The predicted molar refractivity (Wildman–Crippen MR) is 139 cm³/mol. The molecule has 182 valence electrons. The summed E-state index contributed by atoms with van der Waals surface area (Å²) in [6.45, 7) is 3.82. The van der Waals surface area contributed by atoms with Gasteiger partial charge in [0.05, 0.1) is 17.2 Å². The second kappa shape index (κ2) is 10.2. The number of sulfone groups is 1. The van der Waals surface area contributed by atoms with E-state index in [-0.39, 0.29) is 17.4 Å². The number of anilines is 2. The fraction of sp³-hybridized carbons (Fsp3) is 0.333. The zero-order chi connectivity index (χ0) is 24.3. The van der Waals surface area contributed by atoms with Crippen LogP contribution >= 0.6 is 0 Å². The molecule has 0 radical (unpaired) electrons. The van der Waals surface area contributed by atoms with Crippen molar-refractivity contribution in [1.82, 2.24) is 9.88 Å². The van der Waals surface area contributed by atoms with Crippen LogP contribution in [0, 0.1) is 0 Å². The van der Waals surface area contributed by atoms with Gasteiger partial charge in [-0.05, 0) is 55.3 Å². The van der Waals surface area contributed by atoms with Gasteiger partial charge in [-0.2, -0.15) is 0 Å². The van der Waals surface area contributed by atoms with Gasteiger partial charge < -0.3 is 15.1 Å². The average Bonchev–Trinajstić information content (AvgIpc) is 3.41. The second-order valence-corrected chi connectivity index (χ2v) is 11.4. The van der Waals surface area contributed by atoms with Crippen LogP contribution in [-0.2, 0) is 15.6 Å². The quantitative estimate of drug-likeness (QED) is 0.542. The number of fused-ring (bicyclic) bond motifs is 1. The normalized spacial score (nSPS) is 16.1. The van der Waals surface area contributed by atoms with E-state index in [1.54, 1.807) is 11.1 Å². The summed E-state index contributed by atoms with van der Waals surface area (Å²) in [6.07, 6.45) is 4.10. The first kappa shape index (κ1) is 23.5. The summed E-state index contributed by atoms with van der Waals surface area (Å²) in [5.74, 6) is 0.876. The Kier molecular flexibility index (Phi) is 6.83. The van der Waals surface area contributed by atoms with Gasteiger partial charge in [0.1, 0.15) is 5.82 Å². The van der Waals surface area contributed by atoms with E-state index in [9.17, 15) is 13.2 Å². The highest BCUT2D eigenvalue weighted by Gasteiger charge is 2.25. The van der Waals surface area contributed by atoms with Gasteiger partial charge in [0.2, 0.25) is 0 Å². The van der Waals surface area contributed by atoms with Crippen molar-refractivity contribution in [2.45, 2.75) is 18.6 Å². The van der Waals surface area contributed by atoms with Gasteiger partial charge in [0.15, 0.2) is 9.84 Å². The summed E-state index contributed by atoms with van der Waals surface area (Å²) < 4.78 is 25.2. The summed E-state index contributed by atoms with van der Waals surface area (Å²) in [7, 11) is -3.16. The van der Waals surface area contributed by atoms with Gasteiger partial charge >= 0.3 is 0 Å². The molecule has 5 rings (SSSR count). The molecule has 0 bridgehead atoms. The summed E-state index contributed by atoms with van der Waals surface area (Å²) in [5.41, 5.74) is 3.97. The van der Waals surface area contributed by atoms with E-state index in [2.05, 4.69) is 15.2 Å². The Morgan fingerprint density at radius 1 is 0.943 bits per heavy atom. The lowest BCUT2D eigenvalue weighted by molar-refractivity contribution is 0.0987. The minimum absolute atomic E-state index is 0.0484. The third-order valence-electron chi connectivity index (χ3n) is 6.64. The topological polar surface area (TPSA) is 82.6 Å². The summed E-state index contributed by atoms with van der Waals surface area (Å²) in [5, 5.41) is 3.27. The maximum Gasteiger partial charge on any atom is 0.258 e. The molecule has 8 heteroatoms. The Morgan fingerprint density at radius 2 is 1.69 bits per heavy atom. The molecule has 0 atom stereocenters. The number of carbonyl (C=O) groups is 1. The minimum atomic E-state index is -3.16. The molecule has 0 spiro atoms. The molecule has 0 unspecified atom stereocenters. The van der Waals surface area contributed by atoms with Crippen LogP contribution in [0.15, 0.2) is 66.9 Å². The number of hydrogen-bond acceptors (Lipinski definition) is 6. The van der Waals surface area contributed by atoms with E-state index in [4.69, 9.17) is 0 Å². The largest absolute Gasteiger partial charge is 0.367 e.